The molecule has 0 heterocycles. The Hall–Kier alpha value is -0.120. The molecule has 0 bridgehead atoms. The van der Waals surface area contributed by atoms with E-state index >= 15 is 0 Å². The van der Waals surface area contributed by atoms with Crippen molar-refractivity contribution in [1.82, 2.24) is 4.90 Å². The summed E-state index contributed by atoms with van der Waals surface area (Å²) in [6, 6.07) is 0.615. The van der Waals surface area contributed by atoms with Crippen LogP contribution in [0.2, 0.25) is 0 Å². The molecular weight excluding hydrogens is 234 g/mol. The van der Waals surface area contributed by atoms with Gasteiger partial charge in [-0.25, -0.2) is 0 Å². The molecule has 0 rings (SSSR count). The lowest BCUT2D eigenvalue weighted by Gasteiger charge is -2.24. The second-order valence-corrected chi connectivity index (χ2v) is 6.14. The summed E-state index contributed by atoms with van der Waals surface area (Å²) in [4.78, 5) is 2.55. The molecular formula is C16H37N3. The maximum Gasteiger partial charge on any atom is 0.00226 e. The minimum atomic E-state index is 0.308. The molecule has 0 aliphatic rings. The Kier molecular flexibility index (Phi) is 12.8. The van der Waals surface area contributed by atoms with E-state index in [9.17, 15) is 0 Å². The van der Waals surface area contributed by atoms with Gasteiger partial charge in [0.25, 0.3) is 0 Å². The molecule has 4 N–H and O–H groups in total. The molecule has 0 saturated carbocycles. The summed E-state index contributed by atoms with van der Waals surface area (Å²) in [6.07, 6.45) is 10.4. The molecule has 2 atom stereocenters. The van der Waals surface area contributed by atoms with Crippen LogP contribution in [0.4, 0.5) is 0 Å². The molecule has 0 aliphatic heterocycles. The highest BCUT2D eigenvalue weighted by Gasteiger charge is 2.07. The van der Waals surface area contributed by atoms with Crippen molar-refractivity contribution in [2.75, 3.05) is 19.6 Å². The summed E-state index contributed by atoms with van der Waals surface area (Å²) in [7, 11) is 0. The number of nitrogens with zero attached hydrogens (tertiary/aromatic N) is 1. The molecule has 19 heavy (non-hydrogen) atoms. The molecule has 3 nitrogen and oxygen atoms in total. The first-order chi connectivity index (χ1) is 9.06. The van der Waals surface area contributed by atoms with Crippen molar-refractivity contribution in [2.45, 2.75) is 84.2 Å². The molecule has 0 radical (unpaired) electrons. The summed E-state index contributed by atoms with van der Waals surface area (Å²) in [5.74, 6) is 0. The predicted molar refractivity (Wildman–Crippen MR) is 86.3 cm³/mol. The van der Waals surface area contributed by atoms with Crippen molar-refractivity contribution in [3.8, 4) is 0 Å². The number of hydrogen-bond acceptors (Lipinski definition) is 3. The van der Waals surface area contributed by atoms with E-state index in [0.717, 1.165) is 25.9 Å². The lowest BCUT2D eigenvalue weighted by molar-refractivity contribution is 0.250. The first kappa shape index (κ1) is 18.9. The van der Waals surface area contributed by atoms with E-state index in [2.05, 4.69) is 25.7 Å². The summed E-state index contributed by atoms with van der Waals surface area (Å²) in [5.41, 5.74) is 11.7. The largest absolute Gasteiger partial charge is 0.328 e. The van der Waals surface area contributed by atoms with Crippen LogP contribution >= 0.6 is 0 Å². The monoisotopic (exact) mass is 271 g/mol. The fourth-order valence-electron chi connectivity index (χ4n) is 2.22. The van der Waals surface area contributed by atoms with Crippen LogP contribution in [0.3, 0.4) is 0 Å². The maximum absolute atomic E-state index is 5.85. The van der Waals surface area contributed by atoms with E-state index in [4.69, 9.17) is 11.5 Å². The van der Waals surface area contributed by atoms with Gasteiger partial charge in [-0.15, -0.1) is 0 Å². The van der Waals surface area contributed by atoms with Crippen LogP contribution in [0, 0.1) is 0 Å². The molecule has 3 heteroatoms. The van der Waals surface area contributed by atoms with Crippen LogP contribution < -0.4 is 11.5 Å². The number of rotatable bonds is 13. The van der Waals surface area contributed by atoms with Gasteiger partial charge in [0, 0.05) is 12.1 Å². The number of hydrogen-bond donors (Lipinski definition) is 2. The second-order valence-electron chi connectivity index (χ2n) is 6.14. The highest BCUT2D eigenvalue weighted by molar-refractivity contribution is 4.65. The molecule has 116 valence electrons. The van der Waals surface area contributed by atoms with Crippen molar-refractivity contribution < 1.29 is 0 Å². The topological polar surface area (TPSA) is 55.3 Å². The number of unbranched alkanes of at least 4 members (excludes halogenated alkanes) is 5. The Morgan fingerprint density at radius 3 is 1.68 bits per heavy atom. The molecule has 0 fully saturated rings. The Bertz CT molecular complexity index is 169. The number of nitrogens with two attached hydrogens (primary N) is 2. The molecule has 0 saturated heterocycles. The fraction of sp³-hybridized carbons (Fsp3) is 1.00. The van der Waals surface area contributed by atoms with E-state index < -0.39 is 0 Å². The van der Waals surface area contributed by atoms with Gasteiger partial charge in [0.1, 0.15) is 0 Å². The van der Waals surface area contributed by atoms with Crippen molar-refractivity contribution in [2.24, 2.45) is 11.5 Å². The highest BCUT2D eigenvalue weighted by Crippen LogP contribution is 2.07. The summed E-state index contributed by atoms with van der Waals surface area (Å²) in [5, 5.41) is 0. The van der Waals surface area contributed by atoms with Gasteiger partial charge in [-0.1, -0.05) is 39.0 Å². The third-order valence-electron chi connectivity index (χ3n) is 3.63. The van der Waals surface area contributed by atoms with Crippen molar-refractivity contribution >= 4 is 0 Å². The van der Waals surface area contributed by atoms with Crippen LogP contribution in [0.25, 0.3) is 0 Å². The summed E-state index contributed by atoms with van der Waals surface area (Å²) >= 11 is 0. The molecule has 0 aromatic rings. The highest BCUT2D eigenvalue weighted by atomic mass is 15.1. The van der Waals surface area contributed by atoms with Crippen LogP contribution in [0.1, 0.15) is 72.1 Å². The zero-order chi connectivity index (χ0) is 14.5. The van der Waals surface area contributed by atoms with Gasteiger partial charge < -0.3 is 16.4 Å². The lowest BCUT2D eigenvalue weighted by atomic mass is 10.1. The summed E-state index contributed by atoms with van der Waals surface area (Å²) in [6.45, 7) is 9.91. The lowest BCUT2D eigenvalue weighted by Crippen LogP contribution is -2.33. The van der Waals surface area contributed by atoms with Gasteiger partial charge in [-0.05, 0) is 52.7 Å². The van der Waals surface area contributed by atoms with E-state index in [0.29, 0.717) is 12.1 Å². The van der Waals surface area contributed by atoms with Gasteiger partial charge >= 0.3 is 0 Å². The Labute approximate surface area is 121 Å². The first-order valence-electron chi connectivity index (χ1n) is 8.29. The van der Waals surface area contributed by atoms with Crippen LogP contribution in [-0.2, 0) is 0 Å². The zero-order valence-electron chi connectivity index (χ0n) is 13.5. The normalized spacial score (nSPS) is 14.8. The van der Waals surface area contributed by atoms with Crippen molar-refractivity contribution in [3.63, 3.8) is 0 Å². The summed E-state index contributed by atoms with van der Waals surface area (Å²) < 4.78 is 0. The minimum absolute atomic E-state index is 0.308. The van der Waals surface area contributed by atoms with E-state index in [1.807, 2.05) is 0 Å². The Morgan fingerprint density at radius 1 is 0.737 bits per heavy atom. The smallest absolute Gasteiger partial charge is 0.00226 e. The predicted octanol–water partition coefficient (Wildman–Crippen LogP) is 3.12. The van der Waals surface area contributed by atoms with E-state index in [1.165, 1.54) is 45.1 Å². The minimum Gasteiger partial charge on any atom is -0.328 e. The standard InChI is InChI=1S/C16H37N3/c1-4-5-6-7-8-9-12-19(13-10-15(2)17)14-11-16(3)18/h15-16H,4-14,17-18H2,1-3H3. The molecule has 0 aromatic heterocycles. The quantitative estimate of drug-likeness (QED) is 0.506. The Morgan fingerprint density at radius 2 is 1.21 bits per heavy atom. The molecule has 0 amide bonds. The molecule has 2 unspecified atom stereocenters. The van der Waals surface area contributed by atoms with E-state index in [-0.39, 0.29) is 0 Å². The van der Waals surface area contributed by atoms with E-state index in [1.54, 1.807) is 0 Å². The third kappa shape index (κ3) is 14.1. The fourth-order valence-corrected chi connectivity index (χ4v) is 2.22. The average Bonchev–Trinajstić information content (AvgIpc) is 2.35. The van der Waals surface area contributed by atoms with Gasteiger partial charge in [0.15, 0.2) is 0 Å². The van der Waals surface area contributed by atoms with Crippen LogP contribution in [-0.4, -0.2) is 36.6 Å². The zero-order valence-corrected chi connectivity index (χ0v) is 13.5. The van der Waals surface area contributed by atoms with Gasteiger partial charge in [-0.3, -0.25) is 0 Å². The molecule has 0 aromatic carbocycles. The maximum atomic E-state index is 5.85. The first-order valence-corrected chi connectivity index (χ1v) is 8.29. The van der Waals surface area contributed by atoms with Gasteiger partial charge in [0.2, 0.25) is 0 Å². The van der Waals surface area contributed by atoms with Gasteiger partial charge in [-0.2, -0.15) is 0 Å². The Balaban J connectivity index is 3.71. The second kappa shape index (κ2) is 12.9. The van der Waals surface area contributed by atoms with Crippen molar-refractivity contribution in [3.05, 3.63) is 0 Å². The molecule has 0 aliphatic carbocycles. The third-order valence-corrected chi connectivity index (χ3v) is 3.63. The van der Waals surface area contributed by atoms with Gasteiger partial charge in [0.05, 0.1) is 0 Å². The van der Waals surface area contributed by atoms with Crippen LogP contribution in [0.5, 0.6) is 0 Å². The van der Waals surface area contributed by atoms with Crippen LogP contribution in [0.15, 0.2) is 0 Å². The van der Waals surface area contributed by atoms with Crippen molar-refractivity contribution in [1.29, 1.82) is 0 Å². The molecule has 0 spiro atoms. The SMILES string of the molecule is CCCCCCCCN(CCC(C)N)CCC(C)N. The average molecular weight is 271 g/mol.